The molecule has 0 spiro atoms. The summed E-state index contributed by atoms with van der Waals surface area (Å²) in [5.74, 6) is 0.287. The van der Waals surface area contributed by atoms with Gasteiger partial charge in [-0.25, -0.2) is 9.67 Å². The summed E-state index contributed by atoms with van der Waals surface area (Å²) < 4.78 is 7.75. The van der Waals surface area contributed by atoms with E-state index in [0.717, 1.165) is 40.8 Å². The van der Waals surface area contributed by atoms with Gasteiger partial charge in [-0.1, -0.05) is 29.5 Å². The third kappa shape index (κ3) is 2.85. The molecule has 0 aliphatic heterocycles. The average Bonchev–Trinajstić information content (AvgIpc) is 3.46. The Hall–Kier alpha value is -3.48. The Labute approximate surface area is 161 Å². The maximum atomic E-state index is 11.5. The zero-order chi connectivity index (χ0) is 19.1. The molecule has 0 radical (unpaired) electrons. The van der Waals surface area contributed by atoms with Gasteiger partial charge in [0.2, 0.25) is 11.8 Å². The lowest BCUT2D eigenvalue weighted by molar-refractivity contribution is -0.121. The number of oxazole rings is 1. The minimum Gasteiger partial charge on any atom is -0.436 e. The van der Waals surface area contributed by atoms with Crippen LogP contribution < -0.4 is 5.73 Å². The van der Waals surface area contributed by atoms with Crippen LogP contribution in [0.3, 0.4) is 0 Å². The van der Waals surface area contributed by atoms with Gasteiger partial charge >= 0.3 is 0 Å². The van der Waals surface area contributed by atoms with Crippen molar-refractivity contribution in [2.45, 2.75) is 25.3 Å². The van der Waals surface area contributed by atoms with Gasteiger partial charge in [-0.15, -0.1) is 5.10 Å². The zero-order valence-corrected chi connectivity index (χ0v) is 15.2. The highest BCUT2D eigenvalue weighted by atomic mass is 16.3. The van der Waals surface area contributed by atoms with Crippen LogP contribution in [0.15, 0.2) is 59.1 Å². The number of hydrogen-bond donors (Lipinski definition) is 1. The highest BCUT2D eigenvalue weighted by Crippen LogP contribution is 2.36. The SMILES string of the molecule is NC(=O)[C@H]1CC[C@@H](n2nncc2-c2ccc(-c3nc4ccccc4o3)cc2)C1. The number of aromatic nitrogens is 4. The fraction of sp³-hybridized carbons (Fsp3) is 0.238. The number of amides is 1. The molecule has 1 saturated carbocycles. The molecule has 0 saturated heterocycles. The van der Waals surface area contributed by atoms with Crippen LogP contribution in [0.25, 0.3) is 33.8 Å². The summed E-state index contributed by atoms with van der Waals surface area (Å²) in [4.78, 5) is 16.0. The van der Waals surface area contributed by atoms with Crippen molar-refractivity contribution in [1.29, 1.82) is 0 Å². The second-order valence-corrected chi connectivity index (χ2v) is 7.19. The van der Waals surface area contributed by atoms with Gasteiger partial charge in [0, 0.05) is 17.0 Å². The van der Waals surface area contributed by atoms with Crippen LogP contribution in [0, 0.1) is 5.92 Å². The third-order valence-electron chi connectivity index (χ3n) is 5.45. The quantitative estimate of drug-likeness (QED) is 0.589. The highest BCUT2D eigenvalue weighted by Gasteiger charge is 2.31. The lowest BCUT2D eigenvalue weighted by Crippen LogP contribution is -2.21. The summed E-state index contributed by atoms with van der Waals surface area (Å²) in [5, 5.41) is 8.35. The molecule has 7 nitrogen and oxygen atoms in total. The van der Waals surface area contributed by atoms with Crippen LogP contribution in [0.4, 0.5) is 0 Å². The van der Waals surface area contributed by atoms with Crippen molar-refractivity contribution in [2.75, 3.05) is 0 Å². The minimum atomic E-state index is -0.230. The molecule has 2 aromatic carbocycles. The van der Waals surface area contributed by atoms with E-state index in [9.17, 15) is 4.79 Å². The van der Waals surface area contributed by atoms with Gasteiger partial charge in [-0.05, 0) is 43.5 Å². The molecule has 28 heavy (non-hydrogen) atoms. The van der Waals surface area contributed by atoms with E-state index in [4.69, 9.17) is 10.2 Å². The Morgan fingerprint density at radius 3 is 2.61 bits per heavy atom. The van der Waals surface area contributed by atoms with Crippen molar-refractivity contribution in [3.8, 4) is 22.7 Å². The van der Waals surface area contributed by atoms with Crippen LogP contribution in [-0.4, -0.2) is 25.9 Å². The molecular formula is C21H19N5O2. The fourth-order valence-corrected chi connectivity index (χ4v) is 3.94. The summed E-state index contributed by atoms with van der Waals surface area (Å²) >= 11 is 0. The highest BCUT2D eigenvalue weighted by molar-refractivity contribution is 5.77. The smallest absolute Gasteiger partial charge is 0.227 e. The van der Waals surface area contributed by atoms with E-state index >= 15 is 0 Å². The third-order valence-corrected chi connectivity index (χ3v) is 5.45. The van der Waals surface area contributed by atoms with Gasteiger partial charge in [0.05, 0.1) is 17.9 Å². The second kappa shape index (κ2) is 6.60. The molecule has 140 valence electrons. The van der Waals surface area contributed by atoms with Gasteiger partial charge in [-0.3, -0.25) is 4.79 Å². The van der Waals surface area contributed by atoms with Crippen LogP contribution in [0.5, 0.6) is 0 Å². The van der Waals surface area contributed by atoms with Gasteiger partial charge in [-0.2, -0.15) is 0 Å². The first kappa shape index (κ1) is 16.7. The Morgan fingerprint density at radius 2 is 1.86 bits per heavy atom. The summed E-state index contributed by atoms with van der Waals surface area (Å²) in [6.07, 6.45) is 4.15. The number of benzene rings is 2. The molecule has 1 amide bonds. The van der Waals surface area contributed by atoms with Crippen molar-refractivity contribution in [1.82, 2.24) is 20.0 Å². The Balaban J connectivity index is 1.42. The van der Waals surface area contributed by atoms with Crippen LogP contribution in [-0.2, 0) is 4.79 Å². The first-order valence-electron chi connectivity index (χ1n) is 9.35. The van der Waals surface area contributed by atoms with Gasteiger partial charge < -0.3 is 10.2 Å². The molecule has 2 aromatic heterocycles. The van der Waals surface area contributed by atoms with E-state index in [-0.39, 0.29) is 17.9 Å². The first-order chi connectivity index (χ1) is 13.7. The Kier molecular flexibility index (Phi) is 3.93. The van der Waals surface area contributed by atoms with Gasteiger partial charge in [0.25, 0.3) is 0 Å². The molecule has 1 aliphatic rings. The lowest BCUT2D eigenvalue weighted by atomic mass is 10.1. The summed E-state index contributed by atoms with van der Waals surface area (Å²) in [5.41, 5.74) is 9.92. The number of rotatable bonds is 4. The van der Waals surface area contributed by atoms with E-state index in [1.165, 1.54) is 0 Å². The molecule has 7 heteroatoms. The number of nitrogens with zero attached hydrogens (tertiary/aromatic N) is 4. The number of para-hydroxylation sites is 2. The predicted molar refractivity (Wildman–Crippen MR) is 104 cm³/mol. The van der Waals surface area contributed by atoms with Crippen molar-refractivity contribution in [3.63, 3.8) is 0 Å². The van der Waals surface area contributed by atoms with Gasteiger partial charge in [0.15, 0.2) is 5.58 Å². The molecule has 2 atom stereocenters. The summed E-state index contributed by atoms with van der Waals surface area (Å²) in [7, 11) is 0. The minimum absolute atomic E-state index is 0.0800. The number of primary amides is 1. The van der Waals surface area contributed by atoms with Crippen molar-refractivity contribution >= 4 is 17.0 Å². The molecule has 1 aliphatic carbocycles. The number of carbonyl (C=O) groups is 1. The zero-order valence-electron chi connectivity index (χ0n) is 15.2. The molecule has 0 bridgehead atoms. The van der Waals surface area contributed by atoms with Gasteiger partial charge in [0.1, 0.15) is 5.52 Å². The van der Waals surface area contributed by atoms with E-state index in [2.05, 4.69) is 15.3 Å². The molecular weight excluding hydrogens is 354 g/mol. The van der Waals surface area contributed by atoms with Crippen LogP contribution in [0.1, 0.15) is 25.3 Å². The topological polar surface area (TPSA) is 99.8 Å². The molecule has 5 rings (SSSR count). The van der Waals surface area contributed by atoms with E-state index in [1.807, 2.05) is 53.2 Å². The predicted octanol–water partition coefficient (Wildman–Crippen LogP) is 3.58. The van der Waals surface area contributed by atoms with E-state index in [0.29, 0.717) is 12.3 Å². The number of nitrogens with two attached hydrogens (primary N) is 1. The fourth-order valence-electron chi connectivity index (χ4n) is 3.94. The maximum Gasteiger partial charge on any atom is 0.227 e. The maximum absolute atomic E-state index is 11.5. The first-order valence-corrected chi connectivity index (χ1v) is 9.35. The van der Waals surface area contributed by atoms with Crippen LogP contribution >= 0.6 is 0 Å². The second-order valence-electron chi connectivity index (χ2n) is 7.19. The normalized spacial score (nSPS) is 19.3. The standard InChI is InChI=1S/C21H19N5O2/c22-20(27)15-9-10-16(11-15)26-18(12-23-25-26)13-5-7-14(8-6-13)21-24-17-3-1-2-4-19(17)28-21/h1-8,12,15-16H,9-11H2,(H2,22,27)/t15-,16+/m0/s1. The Bertz CT molecular complexity index is 1110. The molecule has 0 unspecified atom stereocenters. The average molecular weight is 373 g/mol. The van der Waals surface area contributed by atoms with Crippen molar-refractivity contribution in [3.05, 3.63) is 54.7 Å². The van der Waals surface area contributed by atoms with E-state index < -0.39 is 0 Å². The largest absolute Gasteiger partial charge is 0.436 e. The van der Waals surface area contributed by atoms with Crippen LogP contribution in [0.2, 0.25) is 0 Å². The Morgan fingerprint density at radius 1 is 1.07 bits per heavy atom. The molecule has 4 aromatic rings. The summed E-state index contributed by atoms with van der Waals surface area (Å²) in [6.45, 7) is 0. The van der Waals surface area contributed by atoms with Crippen molar-refractivity contribution in [2.24, 2.45) is 11.7 Å². The molecule has 1 fully saturated rings. The van der Waals surface area contributed by atoms with E-state index in [1.54, 1.807) is 6.20 Å². The number of fused-ring (bicyclic) bond motifs is 1. The van der Waals surface area contributed by atoms with Crippen molar-refractivity contribution < 1.29 is 9.21 Å². The monoisotopic (exact) mass is 373 g/mol. The molecule has 2 N–H and O–H groups in total. The number of carbonyl (C=O) groups excluding carboxylic acids is 1. The summed E-state index contributed by atoms with van der Waals surface area (Å²) in [6, 6.07) is 15.9. The molecule has 2 heterocycles. The number of hydrogen-bond acceptors (Lipinski definition) is 5. The lowest BCUT2D eigenvalue weighted by Gasteiger charge is -2.13.